The lowest BCUT2D eigenvalue weighted by Crippen LogP contribution is -2.37. The average Bonchev–Trinajstić information content (AvgIpc) is 2.52. The number of carbonyl (C=O) groups is 2. The Kier molecular flexibility index (Phi) is 8.18. The first-order valence-corrected chi connectivity index (χ1v) is 7.77. The third-order valence-electron chi connectivity index (χ3n) is 2.77. The van der Waals surface area contributed by atoms with Crippen LogP contribution in [0.4, 0.5) is 0 Å². The first-order valence-electron chi connectivity index (χ1n) is 6.29. The fraction of sp³-hybridized carbons (Fsp3) is 0.385. The number of nitrogens with two attached hydrogens (primary N) is 1. The molecule has 1 aromatic carbocycles. The molecule has 3 N–H and O–H groups in total. The SMILES string of the molecule is COC(=O)c1cc(C(=O)OC)cc(S(=O)(=O)N[C@@H](C)CN)c1.Cl. The molecular weight excluding hydrogens is 348 g/mol. The number of ether oxygens (including phenoxy) is 2. The number of nitrogens with one attached hydrogen (secondary N) is 1. The average molecular weight is 367 g/mol. The van der Waals surface area contributed by atoms with E-state index in [0.29, 0.717) is 0 Å². The molecule has 0 aliphatic heterocycles. The zero-order valence-electron chi connectivity index (χ0n) is 12.9. The minimum Gasteiger partial charge on any atom is -0.465 e. The van der Waals surface area contributed by atoms with Crippen LogP contribution in [0.3, 0.4) is 0 Å². The van der Waals surface area contributed by atoms with Gasteiger partial charge in [0.05, 0.1) is 30.2 Å². The molecule has 0 aliphatic rings. The normalized spacial score (nSPS) is 12.0. The molecule has 0 fully saturated rings. The third kappa shape index (κ3) is 5.47. The topological polar surface area (TPSA) is 125 Å². The molecule has 0 aliphatic carbocycles. The Hall–Kier alpha value is -1.68. The van der Waals surface area contributed by atoms with E-state index in [-0.39, 0.29) is 35.0 Å². The summed E-state index contributed by atoms with van der Waals surface area (Å²) in [6.45, 7) is 1.68. The van der Waals surface area contributed by atoms with E-state index in [4.69, 9.17) is 5.73 Å². The van der Waals surface area contributed by atoms with Crippen LogP contribution in [0.5, 0.6) is 0 Å². The Morgan fingerprint density at radius 1 is 1.13 bits per heavy atom. The van der Waals surface area contributed by atoms with E-state index < -0.39 is 28.0 Å². The number of benzene rings is 1. The monoisotopic (exact) mass is 366 g/mol. The molecule has 10 heteroatoms. The van der Waals surface area contributed by atoms with Crippen LogP contribution in [0.2, 0.25) is 0 Å². The Balaban J connectivity index is 0.00000484. The van der Waals surface area contributed by atoms with Gasteiger partial charge in [0.25, 0.3) is 0 Å². The molecule has 1 aromatic rings. The minimum absolute atomic E-state index is 0. The van der Waals surface area contributed by atoms with Crippen molar-refractivity contribution in [3.63, 3.8) is 0 Å². The van der Waals surface area contributed by atoms with Crippen LogP contribution in [0, 0.1) is 0 Å². The van der Waals surface area contributed by atoms with Gasteiger partial charge in [-0.25, -0.2) is 22.7 Å². The van der Waals surface area contributed by atoms with Crippen molar-refractivity contribution in [3.05, 3.63) is 29.3 Å². The lowest BCUT2D eigenvalue weighted by Gasteiger charge is -2.13. The van der Waals surface area contributed by atoms with Crippen LogP contribution in [0.25, 0.3) is 0 Å². The maximum atomic E-state index is 12.3. The molecule has 8 nitrogen and oxygen atoms in total. The summed E-state index contributed by atoms with van der Waals surface area (Å²) in [6, 6.07) is 2.92. The molecule has 1 rings (SSSR count). The maximum absolute atomic E-state index is 12.3. The summed E-state index contributed by atoms with van der Waals surface area (Å²) in [6.07, 6.45) is 0. The van der Waals surface area contributed by atoms with Gasteiger partial charge in [-0.15, -0.1) is 12.4 Å². The van der Waals surface area contributed by atoms with Crippen molar-refractivity contribution >= 4 is 34.4 Å². The minimum atomic E-state index is -3.95. The van der Waals surface area contributed by atoms with E-state index in [1.54, 1.807) is 6.92 Å². The summed E-state index contributed by atoms with van der Waals surface area (Å²) in [7, 11) is -1.65. The molecule has 0 heterocycles. The molecule has 23 heavy (non-hydrogen) atoms. The maximum Gasteiger partial charge on any atom is 0.337 e. The van der Waals surface area contributed by atoms with E-state index in [1.165, 1.54) is 6.07 Å². The second-order valence-electron chi connectivity index (χ2n) is 4.49. The molecule has 0 spiro atoms. The van der Waals surface area contributed by atoms with Crippen LogP contribution in [-0.2, 0) is 19.5 Å². The van der Waals surface area contributed by atoms with Crippen molar-refractivity contribution < 1.29 is 27.5 Å². The van der Waals surface area contributed by atoms with Gasteiger partial charge in [0.2, 0.25) is 10.0 Å². The molecule has 0 unspecified atom stereocenters. The van der Waals surface area contributed by atoms with Gasteiger partial charge in [0.1, 0.15) is 0 Å². The van der Waals surface area contributed by atoms with Crippen LogP contribution in [-0.4, -0.2) is 47.2 Å². The number of sulfonamides is 1. The van der Waals surface area contributed by atoms with Crippen LogP contribution < -0.4 is 10.5 Å². The van der Waals surface area contributed by atoms with Crippen LogP contribution in [0.1, 0.15) is 27.6 Å². The summed E-state index contributed by atoms with van der Waals surface area (Å²) < 4.78 is 35.9. The lowest BCUT2D eigenvalue weighted by atomic mass is 10.1. The highest BCUT2D eigenvalue weighted by Gasteiger charge is 2.22. The van der Waals surface area contributed by atoms with Gasteiger partial charge in [-0.2, -0.15) is 0 Å². The first-order chi connectivity index (χ1) is 10.2. The number of methoxy groups -OCH3 is 2. The van der Waals surface area contributed by atoms with Gasteiger partial charge in [0, 0.05) is 12.6 Å². The number of hydrogen-bond acceptors (Lipinski definition) is 7. The van der Waals surface area contributed by atoms with Crippen molar-refractivity contribution in [3.8, 4) is 0 Å². The number of hydrogen-bond donors (Lipinski definition) is 2. The van der Waals surface area contributed by atoms with Crippen molar-refractivity contribution in [1.29, 1.82) is 0 Å². The zero-order valence-corrected chi connectivity index (χ0v) is 14.5. The number of carbonyl (C=O) groups excluding carboxylic acids is 2. The Bertz CT molecular complexity index is 643. The molecule has 0 saturated heterocycles. The van der Waals surface area contributed by atoms with E-state index in [2.05, 4.69) is 14.2 Å². The standard InChI is InChI=1S/C13H18N2O6S.ClH/c1-8(7-14)15-22(18,19)11-5-9(12(16)20-2)4-10(6-11)13(17)21-3;/h4-6,8,15H,7,14H2,1-3H3;1H/t8-;/m0./s1. The predicted octanol–water partition coefficient (Wildman–Crippen LogP) is 0.307. The Morgan fingerprint density at radius 2 is 1.57 bits per heavy atom. The van der Waals surface area contributed by atoms with E-state index in [1.807, 2.05) is 0 Å². The molecule has 1 atom stereocenters. The van der Waals surface area contributed by atoms with Crippen molar-refractivity contribution in [2.45, 2.75) is 17.9 Å². The van der Waals surface area contributed by atoms with Crippen molar-refractivity contribution in [1.82, 2.24) is 4.72 Å². The number of halogens is 1. The second-order valence-corrected chi connectivity index (χ2v) is 6.20. The van der Waals surface area contributed by atoms with Gasteiger partial charge in [0.15, 0.2) is 0 Å². The summed E-state index contributed by atoms with van der Waals surface area (Å²) in [5, 5.41) is 0. The summed E-state index contributed by atoms with van der Waals surface area (Å²) >= 11 is 0. The number of rotatable bonds is 6. The van der Waals surface area contributed by atoms with E-state index in [0.717, 1.165) is 26.4 Å². The fourth-order valence-electron chi connectivity index (χ4n) is 1.61. The first kappa shape index (κ1) is 21.3. The molecular formula is C13H19ClN2O6S. The zero-order chi connectivity index (χ0) is 16.9. The highest BCUT2D eigenvalue weighted by molar-refractivity contribution is 7.89. The largest absolute Gasteiger partial charge is 0.465 e. The molecule has 0 amide bonds. The molecule has 0 aromatic heterocycles. The second kappa shape index (κ2) is 8.82. The fourth-order valence-corrected chi connectivity index (χ4v) is 2.93. The Morgan fingerprint density at radius 3 is 1.91 bits per heavy atom. The third-order valence-corrected chi connectivity index (χ3v) is 4.34. The van der Waals surface area contributed by atoms with Crippen molar-refractivity contribution in [2.75, 3.05) is 20.8 Å². The highest BCUT2D eigenvalue weighted by atomic mass is 35.5. The van der Waals surface area contributed by atoms with Crippen molar-refractivity contribution in [2.24, 2.45) is 5.73 Å². The summed E-state index contributed by atoms with van der Waals surface area (Å²) in [5.41, 5.74) is 5.23. The van der Waals surface area contributed by atoms with Gasteiger partial charge in [-0.3, -0.25) is 0 Å². The summed E-state index contributed by atoms with van der Waals surface area (Å²) in [4.78, 5) is 23.0. The summed E-state index contributed by atoms with van der Waals surface area (Å²) in [5.74, 6) is -1.54. The smallest absolute Gasteiger partial charge is 0.337 e. The van der Waals surface area contributed by atoms with Gasteiger partial charge < -0.3 is 15.2 Å². The Labute approximate surface area is 140 Å². The van der Waals surface area contributed by atoms with Gasteiger partial charge in [-0.05, 0) is 25.1 Å². The quantitative estimate of drug-likeness (QED) is 0.694. The van der Waals surface area contributed by atoms with Crippen LogP contribution in [0.15, 0.2) is 23.1 Å². The van der Waals surface area contributed by atoms with Gasteiger partial charge in [-0.1, -0.05) is 0 Å². The predicted molar refractivity (Wildman–Crippen MR) is 85.2 cm³/mol. The molecule has 0 bridgehead atoms. The lowest BCUT2D eigenvalue weighted by molar-refractivity contribution is 0.0598. The van der Waals surface area contributed by atoms with Crippen LogP contribution >= 0.6 is 12.4 Å². The molecule has 0 saturated carbocycles. The number of esters is 2. The highest BCUT2D eigenvalue weighted by Crippen LogP contribution is 2.17. The molecule has 130 valence electrons. The van der Waals surface area contributed by atoms with E-state index in [9.17, 15) is 18.0 Å². The molecule has 0 radical (unpaired) electrons. The van der Waals surface area contributed by atoms with Gasteiger partial charge >= 0.3 is 11.9 Å². The van der Waals surface area contributed by atoms with E-state index >= 15 is 0 Å².